The standard InChI is InChI=1S/C20H19N3O6/c1-13-4-3-5-16-19(13)21-12-22(20(16)25)9-8-18(24)29-11-14-10-15(23(26)27)6-7-17(14)28-2/h3-7,10,12H,8-9,11H2,1-2H3. The number of esters is 1. The molecule has 0 fully saturated rings. The van der Waals surface area contributed by atoms with Crippen LogP contribution in [0.4, 0.5) is 5.69 Å². The Morgan fingerprint density at radius 1 is 1.28 bits per heavy atom. The van der Waals surface area contributed by atoms with E-state index in [0.717, 1.165) is 5.56 Å². The van der Waals surface area contributed by atoms with Gasteiger partial charge in [-0.1, -0.05) is 12.1 Å². The molecule has 150 valence electrons. The van der Waals surface area contributed by atoms with Gasteiger partial charge in [-0.3, -0.25) is 24.3 Å². The fourth-order valence-corrected chi connectivity index (χ4v) is 2.93. The molecule has 9 heteroatoms. The molecule has 0 saturated heterocycles. The Balaban J connectivity index is 1.66. The molecule has 0 N–H and O–H groups in total. The quantitative estimate of drug-likeness (QED) is 0.342. The number of nitro benzene ring substituents is 1. The number of ether oxygens (including phenoxy) is 2. The van der Waals surface area contributed by atoms with E-state index in [-0.39, 0.29) is 30.8 Å². The van der Waals surface area contributed by atoms with Crippen LogP contribution in [-0.4, -0.2) is 27.6 Å². The van der Waals surface area contributed by atoms with Crippen LogP contribution in [0.2, 0.25) is 0 Å². The number of carbonyl (C=O) groups is 1. The molecule has 1 aromatic heterocycles. The lowest BCUT2D eigenvalue weighted by Gasteiger charge is -2.10. The van der Waals surface area contributed by atoms with E-state index in [1.165, 1.54) is 36.2 Å². The SMILES string of the molecule is COc1ccc([N+](=O)[O-])cc1COC(=O)CCn1cnc2c(C)cccc2c1=O. The summed E-state index contributed by atoms with van der Waals surface area (Å²) in [7, 11) is 1.42. The van der Waals surface area contributed by atoms with E-state index in [2.05, 4.69) is 4.98 Å². The third-order valence-corrected chi connectivity index (χ3v) is 4.48. The normalized spacial score (nSPS) is 10.7. The first-order chi connectivity index (χ1) is 13.9. The van der Waals surface area contributed by atoms with Crippen molar-refractivity contribution in [1.82, 2.24) is 9.55 Å². The smallest absolute Gasteiger partial charge is 0.307 e. The number of rotatable bonds is 7. The predicted octanol–water partition coefficient (Wildman–Crippen LogP) is 2.76. The maximum Gasteiger partial charge on any atom is 0.307 e. The molecular formula is C20H19N3O6. The number of nitrogens with zero attached hydrogens (tertiary/aromatic N) is 3. The average Bonchev–Trinajstić information content (AvgIpc) is 2.72. The molecule has 9 nitrogen and oxygen atoms in total. The van der Waals surface area contributed by atoms with Gasteiger partial charge in [0.1, 0.15) is 12.4 Å². The van der Waals surface area contributed by atoms with Gasteiger partial charge >= 0.3 is 5.97 Å². The summed E-state index contributed by atoms with van der Waals surface area (Å²) in [4.78, 5) is 39.3. The number of para-hydroxylation sites is 1. The molecule has 0 aliphatic carbocycles. The molecule has 0 saturated carbocycles. The minimum atomic E-state index is -0.546. The number of hydrogen-bond donors (Lipinski definition) is 0. The third kappa shape index (κ3) is 4.40. The van der Waals surface area contributed by atoms with E-state index in [1.54, 1.807) is 12.1 Å². The van der Waals surface area contributed by atoms with Crippen LogP contribution < -0.4 is 10.3 Å². The molecule has 0 bridgehead atoms. The van der Waals surface area contributed by atoms with Crippen LogP contribution in [0.5, 0.6) is 5.75 Å². The summed E-state index contributed by atoms with van der Waals surface area (Å²) < 4.78 is 11.7. The van der Waals surface area contributed by atoms with Gasteiger partial charge in [0, 0.05) is 24.2 Å². The summed E-state index contributed by atoms with van der Waals surface area (Å²) in [5.74, 6) is -0.163. The average molecular weight is 397 g/mol. The summed E-state index contributed by atoms with van der Waals surface area (Å²) in [6.45, 7) is 1.81. The number of aromatic nitrogens is 2. The van der Waals surface area contributed by atoms with Gasteiger partial charge in [-0.05, 0) is 24.6 Å². The zero-order valence-electron chi connectivity index (χ0n) is 16.0. The Morgan fingerprint density at radius 3 is 2.79 bits per heavy atom. The van der Waals surface area contributed by atoms with E-state index in [9.17, 15) is 19.7 Å². The Kier molecular flexibility index (Phi) is 5.87. The van der Waals surface area contributed by atoms with Gasteiger partial charge < -0.3 is 9.47 Å². The fourth-order valence-electron chi connectivity index (χ4n) is 2.93. The second-order valence-electron chi connectivity index (χ2n) is 6.38. The highest BCUT2D eigenvalue weighted by Crippen LogP contribution is 2.24. The third-order valence-electron chi connectivity index (χ3n) is 4.48. The van der Waals surface area contributed by atoms with E-state index < -0.39 is 10.9 Å². The lowest BCUT2D eigenvalue weighted by atomic mass is 10.1. The van der Waals surface area contributed by atoms with Crippen LogP contribution in [0.25, 0.3) is 10.9 Å². The summed E-state index contributed by atoms with van der Waals surface area (Å²) in [5, 5.41) is 11.4. The molecule has 0 radical (unpaired) electrons. The van der Waals surface area contributed by atoms with Crippen molar-refractivity contribution < 1.29 is 19.2 Å². The monoisotopic (exact) mass is 397 g/mol. The zero-order chi connectivity index (χ0) is 21.0. The van der Waals surface area contributed by atoms with Gasteiger partial charge in [0.05, 0.1) is 35.7 Å². The maximum absolute atomic E-state index is 12.5. The molecule has 29 heavy (non-hydrogen) atoms. The van der Waals surface area contributed by atoms with Gasteiger partial charge in [-0.2, -0.15) is 0 Å². The molecule has 3 aromatic rings. The van der Waals surface area contributed by atoms with Crippen LogP contribution in [0, 0.1) is 17.0 Å². The van der Waals surface area contributed by atoms with Crippen molar-refractivity contribution in [3.63, 3.8) is 0 Å². The first kappa shape index (κ1) is 20.0. The minimum Gasteiger partial charge on any atom is -0.496 e. The minimum absolute atomic E-state index is 0.0455. The molecule has 0 unspecified atom stereocenters. The largest absolute Gasteiger partial charge is 0.496 e. The van der Waals surface area contributed by atoms with E-state index >= 15 is 0 Å². The molecule has 2 aromatic carbocycles. The van der Waals surface area contributed by atoms with Crippen LogP contribution in [0.1, 0.15) is 17.5 Å². The number of methoxy groups -OCH3 is 1. The molecule has 0 spiro atoms. The number of carbonyl (C=O) groups excluding carboxylic acids is 1. The first-order valence-corrected chi connectivity index (χ1v) is 8.82. The second-order valence-corrected chi connectivity index (χ2v) is 6.38. The number of nitro groups is 1. The van der Waals surface area contributed by atoms with Gasteiger partial charge in [-0.25, -0.2) is 4.98 Å². The number of benzene rings is 2. The Bertz CT molecular complexity index is 1140. The van der Waals surface area contributed by atoms with Gasteiger partial charge in [0.15, 0.2) is 0 Å². The Hall–Kier alpha value is -3.75. The molecule has 1 heterocycles. The fraction of sp³-hybridized carbons (Fsp3) is 0.250. The summed E-state index contributed by atoms with van der Waals surface area (Å²) >= 11 is 0. The van der Waals surface area contributed by atoms with Crippen LogP contribution >= 0.6 is 0 Å². The van der Waals surface area contributed by atoms with Crippen molar-refractivity contribution in [3.05, 3.63) is 74.3 Å². The summed E-state index contributed by atoms with van der Waals surface area (Å²) in [6.07, 6.45) is 1.37. The van der Waals surface area contributed by atoms with Crippen LogP contribution in [-0.2, 0) is 22.7 Å². The number of aryl methyl sites for hydroxylation is 2. The molecular weight excluding hydrogens is 378 g/mol. The van der Waals surface area contributed by atoms with Crippen molar-refractivity contribution in [1.29, 1.82) is 0 Å². The maximum atomic E-state index is 12.5. The predicted molar refractivity (Wildman–Crippen MR) is 105 cm³/mol. The van der Waals surface area contributed by atoms with Crippen molar-refractivity contribution in [2.45, 2.75) is 26.5 Å². The Morgan fingerprint density at radius 2 is 2.07 bits per heavy atom. The van der Waals surface area contributed by atoms with Gasteiger partial charge in [0.25, 0.3) is 11.2 Å². The van der Waals surface area contributed by atoms with Crippen molar-refractivity contribution in [2.24, 2.45) is 0 Å². The lowest BCUT2D eigenvalue weighted by molar-refractivity contribution is -0.385. The van der Waals surface area contributed by atoms with Crippen molar-refractivity contribution in [2.75, 3.05) is 7.11 Å². The van der Waals surface area contributed by atoms with Crippen LogP contribution in [0.3, 0.4) is 0 Å². The molecule has 0 aliphatic heterocycles. The summed E-state index contributed by atoms with van der Waals surface area (Å²) in [5.41, 5.74) is 1.56. The highest BCUT2D eigenvalue weighted by atomic mass is 16.6. The Labute approximate surface area is 165 Å². The first-order valence-electron chi connectivity index (χ1n) is 8.82. The van der Waals surface area contributed by atoms with Crippen molar-refractivity contribution in [3.8, 4) is 5.75 Å². The number of hydrogen-bond acceptors (Lipinski definition) is 7. The number of non-ortho nitro benzene ring substituents is 1. The molecule has 0 atom stereocenters. The van der Waals surface area contributed by atoms with E-state index in [0.29, 0.717) is 22.2 Å². The molecule has 0 amide bonds. The highest BCUT2D eigenvalue weighted by molar-refractivity contribution is 5.80. The van der Waals surface area contributed by atoms with E-state index in [1.807, 2.05) is 13.0 Å². The van der Waals surface area contributed by atoms with Crippen molar-refractivity contribution >= 4 is 22.6 Å². The van der Waals surface area contributed by atoms with Gasteiger partial charge in [-0.15, -0.1) is 0 Å². The molecule has 0 aliphatic rings. The zero-order valence-corrected chi connectivity index (χ0v) is 16.0. The van der Waals surface area contributed by atoms with Crippen LogP contribution in [0.15, 0.2) is 47.5 Å². The summed E-state index contributed by atoms with van der Waals surface area (Å²) in [6, 6.07) is 9.41. The topological polar surface area (TPSA) is 114 Å². The molecule has 3 rings (SSSR count). The number of fused-ring (bicyclic) bond motifs is 1. The van der Waals surface area contributed by atoms with E-state index in [4.69, 9.17) is 9.47 Å². The second kappa shape index (κ2) is 8.51. The lowest BCUT2D eigenvalue weighted by Crippen LogP contribution is -2.22. The highest BCUT2D eigenvalue weighted by Gasteiger charge is 2.14. The van der Waals surface area contributed by atoms with Gasteiger partial charge in [0.2, 0.25) is 0 Å².